The minimum absolute atomic E-state index is 0.0165. The van der Waals surface area contributed by atoms with Gasteiger partial charge in [-0.15, -0.1) is 0 Å². The highest BCUT2D eigenvalue weighted by Crippen LogP contribution is 2.37. The summed E-state index contributed by atoms with van der Waals surface area (Å²) in [4.78, 5) is 0. The predicted octanol–water partition coefficient (Wildman–Crippen LogP) is 5.59. The molecule has 0 aliphatic carbocycles. The maximum atomic E-state index is 9.62. The van der Waals surface area contributed by atoms with E-state index in [0.717, 1.165) is 27.1 Å². The van der Waals surface area contributed by atoms with Gasteiger partial charge in [0, 0.05) is 5.56 Å². The van der Waals surface area contributed by atoms with Crippen LogP contribution in [0.2, 0.25) is 0 Å². The van der Waals surface area contributed by atoms with Crippen molar-refractivity contribution in [3.05, 3.63) is 58.1 Å². The van der Waals surface area contributed by atoms with E-state index in [1.165, 1.54) is 0 Å². The van der Waals surface area contributed by atoms with Gasteiger partial charge in [0.05, 0.1) is 10.6 Å². The van der Waals surface area contributed by atoms with Crippen molar-refractivity contribution in [2.24, 2.45) is 0 Å². The lowest BCUT2D eigenvalue weighted by Crippen LogP contribution is -2.12. The van der Waals surface area contributed by atoms with E-state index in [2.05, 4.69) is 42.8 Å². The Hall–Kier alpha value is -1.32. The molecule has 2 rings (SSSR count). The van der Waals surface area contributed by atoms with Gasteiger partial charge in [-0.25, -0.2) is 0 Å². The molecular formula is C18H21BrO2. The van der Waals surface area contributed by atoms with Gasteiger partial charge in [0.1, 0.15) is 11.5 Å². The van der Waals surface area contributed by atoms with Gasteiger partial charge in [0.15, 0.2) is 0 Å². The first-order valence-corrected chi connectivity index (χ1v) is 7.83. The van der Waals surface area contributed by atoms with Crippen LogP contribution in [0.3, 0.4) is 0 Å². The Bertz CT molecular complexity index is 627. The molecule has 0 spiro atoms. The molecule has 0 fully saturated rings. The van der Waals surface area contributed by atoms with Crippen molar-refractivity contribution in [2.75, 3.05) is 0 Å². The van der Waals surface area contributed by atoms with E-state index in [1.807, 2.05) is 36.4 Å². The highest BCUT2D eigenvalue weighted by atomic mass is 79.9. The predicted molar refractivity (Wildman–Crippen MR) is 90.0 cm³/mol. The number of aliphatic hydroxyl groups excluding tert-OH is 1. The number of ether oxygens (including phenoxy) is 1. The molecule has 21 heavy (non-hydrogen) atoms. The zero-order valence-electron chi connectivity index (χ0n) is 12.9. The van der Waals surface area contributed by atoms with Gasteiger partial charge >= 0.3 is 0 Å². The van der Waals surface area contributed by atoms with Crippen molar-refractivity contribution in [3.63, 3.8) is 0 Å². The fourth-order valence-corrected chi connectivity index (χ4v) is 2.63. The van der Waals surface area contributed by atoms with E-state index in [-0.39, 0.29) is 5.41 Å². The Labute approximate surface area is 134 Å². The van der Waals surface area contributed by atoms with E-state index < -0.39 is 6.10 Å². The largest absolute Gasteiger partial charge is 0.456 e. The topological polar surface area (TPSA) is 29.5 Å². The molecule has 0 radical (unpaired) electrons. The summed E-state index contributed by atoms with van der Waals surface area (Å²) in [5.74, 6) is 1.60. The van der Waals surface area contributed by atoms with Crippen molar-refractivity contribution in [1.29, 1.82) is 0 Å². The van der Waals surface area contributed by atoms with E-state index in [4.69, 9.17) is 4.74 Å². The molecule has 0 amide bonds. The second-order valence-corrected chi connectivity index (χ2v) is 7.07. The van der Waals surface area contributed by atoms with Crippen molar-refractivity contribution >= 4 is 15.9 Å². The Morgan fingerprint density at radius 3 is 2.29 bits per heavy atom. The lowest BCUT2D eigenvalue weighted by atomic mass is 9.86. The Morgan fingerprint density at radius 2 is 1.71 bits per heavy atom. The van der Waals surface area contributed by atoms with E-state index in [1.54, 1.807) is 6.92 Å². The molecular weight excluding hydrogens is 328 g/mol. The molecule has 0 aliphatic heterocycles. The molecule has 1 N–H and O–H groups in total. The molecule has 2 nitrogen and oxygen atoms in total. The lowest BCUT2D eigenvalue weighted by molar-refractivity contribution is 0.199. The Kier molecular flexibility index (Phi) is 4.74. The first-order chi connectivity index (χ1) is 9.79. The lowest BCUT2D eigenvalue weighted by Gasteiger charge is -2.23. The maximum absolute atomic E-state index is 9.62. The fourth-order valence-electron chi connectivity index (χ4n) is 2.15. The SMILES string of the molecule is CC(O)c1ccc(Oc2ccccc2C(C)(C)C)c(Br)c1. The van der Waals surface area contributed by atoms with Crippen molar-refractivity contribution in [1.82, 2.24) is 0 Å². The Balaban J connectivity index is 2.35. The molecule has 0 aliphatic rings. The third kappa shape index (κ3) is 3.86. The third-order valence-electron chi connectivity index (χ3n) is 3.35. The van der Waals surface area contributed by atoms with Crippen LogP contribution in [-0.2, 0) is 5.41 Å². The molecule has 0 saturated heterocycles. The molecule has 112 valence electrons. The van der Waals surface area contributed by atoms with Gasteiger partial charge in [-0.1, -0.05) is 45.0 Å². The highest BCUT2D eigenvalue weighted by molar-refractivity contribution is 9.10. The fraction of sp³-hybridized carbons (Fsp3) is 0.333. The van der Waals surface area contributed by atoms with Crippen LogP contribution >= 0.6 is 15.9 Å². The summed E-state index contributed by atoms with van der Waals surface area (Å²) in [5.41, 5.74) is 2.04. The Morgan fingerprint density at radius 1 is 1.05 bits per heavy atom. The van der Waals surface area contributed by atoms with Crippen LogP contribution in [0.25, 0.3) is 0 Å². The maximum Gasteiger partial charge on any atom is 0.141 e. The van der Waals surface area contributed by atoms with Gasteiger partial charge in [-0.2, -0.15) is 0 Å². The summed E-state index contributed by atoms with van der Waals surface area (Å²) in [6.45, 7) is 8.25. The zero-order valence-corrected chi connectivity index (χ0v) is 14.4. The van der Waals surface area contributed by atoms with Gasteiger partial charge in [-0.05, 0) is 52.0 Å². The zero-order chi connectivity index (χ0) is 15.6. The molecule has 2 aromatic rings. The van der Waals surface area contributed by atoms with Crippen LogP contribution in [-0.4, -0.2) is 5.11 Å². The number of halogens is 1. The van der Waals surface area contributed by atoms with Gasteiger partial charge in [0.25, 0.3) is 0 Å². The molecule has 3 heteroatoms. The summed E-state index contributed by atoms with van der Waals surface area (Å²) in [6, 6.07) is 13.7. The number of hydrogen-bond donors (Lipinski definition) is 1. The van der Waals surface area contributed by atoms with Crippen molar-refractivity contribution in [2.45, 2.75) is 39.2 Å². The third-order valence-corrected chi connectivity index (χ3v) is 3.97. The number of hydrogen-bond acceptors (Lipinski definition) is 2. The molecule has 0 bridgehead atoms. The van der Waals surface area contributed by atoms with E-state index >= 15 is 0 Å². The van der Waals surface area contributed by atoms with Crippen LogP contribution in [0.1, 0.15) is 44.9 Å². The van der Waals surface area contributed by atoms with Crippen LogP contribution in [0.15, 0.2) is 46.9 Å². The smallest absolute Gasteiger partial charge is 0.141 e. The molecule has 1 unspecified atom stereocenters. The van der Waals surface area contributed by atoms with Gasteiger partial charge in [-0.3, -0.25) is 0 Å². The molecule has 0 heterocycles. The van der Waals surface area contributed by atoms with Crippen LogP contribution in [0.4, 0.5) is 0 Å². The van der Waals surface area contributed by atoms with Crippen LogP contribution in [0.5, 0.6) is 11.5 Å². The first kappa shape index (κ1) is 16.1. The number of benzene rings is 2. The van der Waals surface area contributed by atoms with Gasteiger partial charge < -0.3 is 9.84 Å². The average Bonchev–Trinajstić information content (AvgIpc) is 2.40. The van der Waals surface area contributed by atoms with Crippen LogP contribution in [0, 0.1) is 0 Å². The molecule has 2 aromatic carbocycles. The van der Waals surface area contributed by atoms with E-state index in [0.29, 0.717) is 0 Å². The van der Waals surface area contributed by atoms with Crippen molar-refractivity contribution < 1.29 is 9.84 Å². The average molecular weight is 349 g/mol. The monoisotopic (exact) mass is 348 g/mol. The number of aliphatic hydroxyl groups is 1. The summed E-state index contributed by atoms with van der Waals surface area (Å²) in [5, 5.41) is 9.62. The number of para-hydroxylation sites is 1. The van der Waals surface area contributed by atoms with Crippen molar-refractivity contribution in [3.8, 4) is 11.5 Å². The highest BCUT2D eigenvalue weighted by Gasteiger charge is 2.19. The first-order valence-electron chi connectivity index (χ1n) is 7.04. The summed E-state index contributed by atoms with van der Waals surface area (Å²) in [7, 11) is 0. The molecule has 1 atom stereocenters. The second-order valence-electron chi connectivity index (χ2n) is 6.21. The number of rotatable bonds is 3. The van der Waals surface area contributed by atoms with Crippen LogP contribution < -0.4 is 4.74 Å². The minimum Gasteiger partial charge on any atom is -0.456 e. The molecule has 0 saturated carbocycles. The standard InChI is InChI=1S/C18H21BrO2/c1-12(20)13-9-10-17(15(19)11-13)21-16-8-6-5-7-14(16)18(2,3)4/h5-12,20H,1-4H3. The summed E-state index contributed by atoms with van der Waals surface area (Å²) in [6.07, 6.45) is -0.489. The summed E-state index contributed by atoms with van der Waals surface area (Å²) >= 11 is 3.51. The molecule has 0 aromatic heterocycles. The minimum atomic E-state index is -0.489. The summed E-state index contributed by atoms with van der Waals surface area (Å²) < 4.78 is 6.91. The van der Waals surface area contributed by atoms with Gasteiger partial charge in [0.2, 0.25) is 0 Å². The second kappa shape index (κ2) is 6.20. The normalized spacial score (nSPS) is 13.0. The quantitative estimate of drug-likeness (QED) is 0.782. The van der Waals surface area contributed by atoms with E-state index in [9.17, 15) is 5.11 Å².